The van der Waals surface area contributed by atoms with Crippen molar-refractivity contribution in [2.75, 3.05) is 19.8 Å². The summed E-state index contributed by atoms with van der Waals surface area (Å²) in [4.78, 5) is 13.4. The number of rotatable bonds is 67. The van der Waals surface area contributed by atoms with Gasteiger partial charge in [-0.05, 0) is 103 Å². The van der Waals surface area contributed by atoms with Gasteiger partial charge in [-0.25, -0.2) is 0 Å². The molecule has 0 aliphatic carbocycles. The topological polar surface area (TPSA) is 228 Å². The van der Waals surface area contributed by atoms with Crippen LogP contribution in [-0.4, -0.2) is 140 Å². The van der Waals surface area contributed by atoms with Crippen molar-refractivity contribution in [2.45, 2.75) is 389 Å². The molecule has 0 aromatic heterocycles. The first-order valence-electron chi connectivity index (χ1n) is 40.9. The second kappa shape index (κ2) is 69.2. The molecule has 0 radical (unpaired) electrons. The quantitative estimate of drug-likeness (QED) is 0.0204. The van der Waals surface area contributed by atoms with Crippen molar-refractivity contribution < 1.29 is 64.6 Å². The SMILES string of the molecule is CC/C=C\C/C=C\C/C=C\C/C=C\C/C=C\C/C=C\C/C=C\C/C=C\C/C=C\CCCCCCCCCC(=O)NC(COC1OC(CO)C(OC2OC(CO)C(O)C(O)C2O)C(O)C1O)C(O)/C=C/CC/C=C/CCCCCCCCCCCCCCCCCCCCCCCCCCCC. The Bertz CT molecular complexity index is 2220. The predicted molar refractivity (Wildman–Crippen MR) is 419 cm³/mol. The van der Waals surface area contributed by atoms with Crippen LogP contribution in [0.5, 0.6) is 0 Å². The number of nitrogens with one attached hydrogen (secondary N) is 1. The molecule has 2 saturated heterocycles. The Morgan fingerprint density at radius 3 is 1.09 bits per heavy atom. The summed E-state index contributed by atoms with van der Waals surface area (Å²) in [6, 6.07) is -0.950. The lowest BCUT2D eigenvalue weighted by Crippen LogP contribution is -2.65. The number of aliphatic hydroxyl groups excluding tert-OH is 8. The molecule has 2 heterocycles. The summed E-state index contributed by atoms with van der Waals surface area (Å²) in [6.45, 7) is 2.69. The number of aliphatic hydroxyl groups is 8. The van der Waals surface area contributed by atoms with Crippen molar-refractivity contribution in [3.63, 3.8) is 0 Å². The van der Waals surface area contributed by atoms with Crippen molar-refractivity contribution in [2.24, 2.45) is 0 Å². The number of unbranched alkanes of at least 4 members (excludes halogenated alkanes) is 34. The zero-order valence-electron chi connectivity index (χ0n) is 63.6. The van der Waals surface area contributed by atoms with E-state index < -0.39 is 86.8 Å². The molecule has 580 valence electrons. The van der Waals surface area contributed by atoms with Crippen LogP contribution in [0.25, 0.3) is 0 Å². The fourth-order valence-electron chi connectivity index (χ4n) is 12.7. The molecule has 0 saturated carbocycles. The summed E-state index contributed by atoms with van der Waals surface area (Å²) in [5, 5.41) is 87.7. The van der Waals surface area contributed by atoms with Crippen molar-refractivity contribution in [1.29, 1.82) is 0 Å². The minimum absolute atomic E-state index is 0.252. The van der Waals surface area contributed by atoms with Crippen molar-refractivity contribution in [3.05, 3.63) is 134 Å². The molecule has 0 aromatic rings. The second-order valence-electron chi connectivity index (χ2n) is 28.2. The number of amides is 1. The third-order valence-electron chi connectivity index (χ3n) is 19.1. The highest BCUT2D eigenvalue weighted by atomic mass is 16.7. The van der Waals surface area contributed by atoms with Crippen LogP contribution in [-0.2, 0) is 23.7 Å². The van der Waals surface area contributed by atoms with Gasteiger partial charge in [0.25, 0.3) is 0 Å². The van der Waals surface area contributed by atoms with E-state index in [0.29, 0.717) is 12.8 Å². The summed E-state index contributed by atoms with van der Waals surface area (Å²) in [6.07, 6.45) is 86.7. The molecule has 2 aliphatic rings. The fourth-order valence-corrected chi connectivity index (χ4v) is 12.7. The van der Waals surface area contributed by atoms with E-state index in [2.05, 4.69) is 141 Å². The zero-order chi connectivity index (χ0) is 73.0. The van der Waals surface area contributed by atoms with E-state index in [-0.39, 0.29) is 18.9 Å². The van der Waals surface area contributed by atoms with Gasteiger partial charge in [-0.1, -0.05) is 340 Å². The summed E-state index contributed by atoms with van der Waals surface area (Å²) in [7, 11) is 0. The molecule has 12 atom stereocenters. The first-order valence-corrected chi connectivity index (χ1v) is 40.9. The second-order valence-corrected chi connectivity index (χ2v) is 28.2. The minimum atomic E-state index is -1.80. The van der Waals surface area contributed by atoms with Crippen molar-refractivity contribution in [3.8, 4) is 0 Å². The average Bonchev–Trinajstić information content (AvgIpc) is 0.791. The Balaban J connectivity index is 1.65. The molecule has 12 unspecified atom stereocenters. The summed E-state index contributed by atoms with van der Waals surface area (Å²) in [5.74, 6) is -0.263. The van der Waals surface area contributed by atoms with Crippen molar-refractivity contribution in [1.82, 2.24) is 5.32 Å². The van der Waals surface area contributed by atoms with E-state index in [0.717, 1.165) is 116 Å². The van der Waals surface area contributed by atoms with Crippen LogP contribution in [0.3, 0.4) is 0 Å². The van der Waals surface area contributed by atoms with Crippen LogP contribution < -0.4 is 5.32 Å². The number of hydrogen-bond acceptors (Lipinski definition) is 13. The van der Waals surface area contributed by atoms with Gasteiger partial charge >= 0.3 is 0 Å². The van der Waals surface area contributed by atoms with E-state index in [1.807, 2.05) is 6.08 Å². The smallest absolute Gasteiger partial charge is 0.220 e. The number of ether oxygens (including phenoxy) is 4. The van der Waals surface area contributed by atoms with Gasteiger partial charge in [0.15, 0.2) is 12.6 Å². The summed E-state index contributed by atoms with van der Waals surface area (Å²) in [5.41, 5.74) is 0. The molecule has 14 heteroatoms. The van der Waals surface area contributed by atoms with Gasteiger partial charge in [0.05, 0.1) is 32.0 Å². The Kier molecular flexibility index (Phi) is 63.9. The Morgan fingerprint density at radius 2 is 0.693 bits per heavy atom. The highest BCUT2D eigenvalue weighted by Crippen LogP contribution is 2.30. The average molecular weight is 1420 g/mol. The third-order valence-corrected chi connectivity index (χ3v) is 19.1. The Hall–Kier alpha value is -3.87. The van der Waals surface area contributed by atoms with Crippen molar-refractivity contribution >= 4 is 5.91 Å². The highest BCUT2D eigenvalue weighted by Gasteiger charge is 2.51. The molecular weight excluding hydrogens is 1270 g/mol. The number of hydrogen-bond donors (Lipinski definition) is 9. The van der Waals surface area contributed by atoms with E-state index in [1.54, 1.807) is 6.08 Å². The van der Waals surface area contributed by atoms with Crippen LogP contribution >= 0.6 is 0 Å². The molecule has 0 bridgehead atoms. The maximum atomic E-state index is 13.4. The van der Waals surface area contributed by atoms with E-state index in [1.165, 1.54) is 167 Å². The summed E-state index contributed by atoms with van der Waals surface area (Å²) < 4.78 is 22.9. The monoisotopic (exact) mass is 1420 g/mol. The summed E-state index contributed by atoms with van der Waals surface area (Å²) >= 11 is 0. The van der Waals surface area contributed by atoms with E-state index in [9.17, 15) is 45.6 Å². The van der Waals surface area contributed by atoms with Gasteiger partial charge in [0, 0.05) is 6.42 Å². The Labute approximate surface area is 615 Å². The van der Waals surface area contributed by atoms with Gasteiger partial charge in [0.1, 0.15) is 48.8 Å². The molecule has 101 heavy (non-hydrogen) atoms. The molecule has 1 amide bonds. The van der Waals surface area contributed by atoms with Gasteiger partial charge in [-0.3, -0.25) is 4.79 Å². The molecule has 9 N–H and O–H groups in total. The van der Waals surface area contributed by atoms with Crippen LogP contribution in [0, 0.1) is 0 Å². The highest BCUT2D eigenvalue weighted by molar-refractivity contribution is 5.76. The molecule has 2 rings (SSSR count). The van der Waals surface area contributed by atoms with Crippen LogP contribution in [0.1, 0.15) is 316 Å². The van der Waals surface area contributed by atoms with E-state index in [4.69, 9.17) is 18.9 Å². The predicted octanol–water partition coefficient (Wildman–Crippen LogP) is 19.0. The van der Waals surface area contributed by atoms with Crippen LogP contribution in [0.15, 0.2) is 134 Å². The molecule has 14 nitrogen and oxygen atoms in total. The van der Waals surface area contributed by atoms with E-state index >= 15 is 0 Å². The van der Waals surface area contributed by atoms with Crippen LogP contribution in [0.4, 0.5) is 0 Å². The van der Waals surface area contributed by atoms with Gasteiger partial charge in [-0.2, -0.15) is 0 Å². The maximum Gasteiger partial charge on any atom is 0.220 e. The lowest BCUT2D eigenvalue weighted by molar-refractivity contribution is -0.359. The van der Waals surface area contributed by atoms with Gasteiger partial charge in [-0.15, -0.1) is 0 Å². The first-order chi connectivity index (χ1) is 49.6. The zero-order valence-corrected chi connectivity index (χ0v) is 63.6. The standard InChI is InChI=1S/C87H149NO13/c1-3-5-7-9-11-13-15-17-19-21-23-25-27-29-31-33-35-37-38-39-41-43-45-47-49-51-53-55-57-59-61-63-65-67-69-71-79(92)88-75(74-98-86-84(97)82(95)85(78(73-90)100-86)101-87-83(96)81(94)80(93)77(72-89)99-87)76(91)70-68-66-64-62-60-58-56-54-52-50-48-46-44-42-40-36-34-32-30-28-26-24-22-20-18-16-14-12-10-8-6-4-2/h5,7,11,13,17,19,23,25,29,31,35,37,39,41,45,47,51,53,60,62,68,70,75-78,80-87,89-91,93-97H,3-4,6,8-10,12,14-16,18,20-22,24,26-28,30,32-34,36,38,40,42-44,46,48-50,52,54-59,61,63-67,69,71-74H2,1-2H3,(H,88,92)/b7-5-,13-11-,19-17-,25-23-,31-29-,37-35-,41-39-,47-45-,53-51-,62-60+,70-68+. The number of carbonyl (C=O) groups excluding carboxylic acids is 1. The molecule has 2 aliphatic heterocycles. The van der Waals surface area contributed by atoms with Gasteiger partial charge in [0.2, 0.25) is 5.91 Å². The fraction of sp³-hybridized carbons (Fsp3) is 0.736. The molecular formula is C87H149NO13. The van der Waals surface area contributed by atoms with Gasteiger partial charge < -0.3 is 65.1 Å². The molecule has 0 aromatic carbocycles. The Morgan fingerprint density at radius 1 is 0.366 bits per heavy atom. The lowest BCUT2D eigenvalue weighted by atomic mass is 9.97. The molecule has 2 fully saturated rings. The minimum Gasteiger partial charge on any atom is -0.394 e. The maximum absolute atomic E-state index is 13.4. The largest absolute Gasteiger partial charge is 0.394 e. The first kappa shape index (κ1) is 93.2. The normalized spacial score (nSPS) is 22.5. The number of allylic oxidation sites excluding steroid dienone is 21. The lowest BCUT2D eigenvalue weighted by Gasteiger charge is -2.46. The van der Waals surface area contributed by atoms with Crippen LogP contribution in [0.2, 0.25) is 0 Å². The molecule has 0 spiro atoms. The number of carbonyl (C=O) groups is 1. The third kappa shape index (κ3) is 51.9.